The van der Waals surface area contributed by atoms with E-state index in [2.05, 4.69) is 82.6 Å². The van der Waals surface area contributed by atoms with Crippen LogP contribution in [0.5, 0.6) is 17.2 Å². The van der Waals surface area contributed by atoms with E-state index in [1.54, 1.807) is 28.4 Å². The lowest BCUT2D eigenvalue weighted by atomic mass is 10.1. The summed E-state index contributed by atoms with van der Waals surface area (Å²) in [5.41, 5.74) is 6.42. The Hall–Kier alpha value is -4.84. The van der Waals surface area contributed by atoms with Crippen LogP contribution in [0.4, 0.5) is 28.4 Å². The zero-order valence-electron chi connectivity index (χ0n) is 23.3. The SMILES string of the molecule is COC1=CC=C(N(c2ccc(OC)cc2)c2ccc(N(c3ccc(OC)cc3)c3ccc(OC)cc3)cc2)CC1. The lowest BCUT2D eigenvalue weighted by molar-refractivity contribution is 0.275. The molecule has 0 spiro atoms. The molecule has 0 aliphatic heterocycles. The smallest absolute Gasteiger partial charge is 0.119 e. The number of nitrogens with zero attached hydrogens (tertiary/aromatic N) is 2. The van der Waals surface area contributed by atoms with E-state index in [1.165, 1.54) is 5.70 Å². The number of benzene rings is 4. The summed E-state index contributed by atoms with van der Waals surface area (Å²) >= 11 is 0. The predicted molar refractivity (Wildman–Crippen MR) is 162 cm³/mol. The minimum atomic E-state index is 0.815. The van der Waals surface area contributed by atoms with Crippen molar-refractivity contribution in [3.8, 4) is 17.2 Å². The molecule has 204 valence electrons. The van der Waals surface area contributed by atoms with Crippen LogP contribution in [0.3, 0.4) is 0 Å². The maximum Gasteiger partial charge on any atom is 0.119 e. The van der Waals surface area contributed by atoms with E-state index < -0.39 is 0 Å². The molecule has 0 bridgehead atoms. The van der Waals surface area contributed by atoms with Gasteiger partial charge in [0.1, 0.15) is 17.2 Å². The van der Waals surface area contributed by atoms with Gasteiger partial charge in [0.05, 0.1) is 34.2 Å². The summed E-state index contributed by atoms with van der Waals surface area (Å²) in [5.74, 6) is 3.45. The van der Waals surface area contributed by atoms with Crippen LogP contribution >= 0.6 is 0 Å². The van der Waals surface area contributed by atoms with Crippen molar-refractivity contribution in [3.05, 3.63) is 121 Å². The molecule has 4 aromatic rings. The highest BCUT2D eigenvalue weighted by molar-refractivity contribution is 5.79. The van der Waals surface area contributed by atoms with Gasteiger partial charge < -0.3 is 28.7 Å². The Morgan fingerprint density at radius 1 is 0.400 bits per heavy atom. The van der Waals surface area contributed by atoms with Gasteiger partial charge in [-0.3, -0.25) is 0 Å². The van der Waals surface area contributed by atoms with Gasteiger partial charge in [-0.25, -0.2) is 0 Å². The number of hydrogen-bond acceptors (Lipinski definition) is 6. The second-order valence-electron chi connectivity index (χ2n) is 9.28. The molecule has 6 nitrogen and oxygen atoms in total. The molecule has 5 rings (SSSR count). The van der Waals surface area contributed by atoms with E-state index in [9.17, 15) is 0 Å². The summed E-state index contributed by atoms with van der Waals surface area (Å²) in [6.45, 7) is 0. The average Bonchev–Trinajstić information content (AvgIpc) is 3.03. The van der Waals surface area contributed by atoms with Crippen molar-refractivity contribution in [3.63, 3.8) is 0 Å². The number of anilines is 5. The zero-order chi connectivity index (χ0) is 27.9. The number of allylic oxidation sites excluding steroid dienone is 4. The van der Waals surface area contributed by atoms with Gasteiger partial charge in [0.15, 0.2) is 0 Å². The first kappa shape index (κ1) is 26.8. The highest BCUT2D eigenvalue weighted by Gasteiger charge is 2.19. The van der Waals surface area contributed by atoms with E-state index >= 15 is 0 Å². The van der Waals surface area contributed by atoms with Crippen LogP contribution in [0.15, 0.2) is 121 Å². The molecular formula is C34H34N2O4. The molecule has 0 fully saturated rings. The van der Waals surface area contributed by atoms with Crippen molar-refractivity contribution in [2.24, 2.45) is 0 Å². The molecule has 0 N–H and O–H groups in total. The fraction of sp³-hybridized carbons (Fsp3) is 0.176. The molecule has 0 radical (unpaired) electrons. The second-order valence-corrected chi connectivity index (χ2v) is 9.28. The van der Waals surface area contributed by atoms with Crippen LogP contribution in [0.2, 0.25) is 0 Å². The molecule has 0 aromatic heterocycles. The number of rotatable bonds is 10. The van der Waals surface area contributed by atoms with Gasteiger partial charge in [0.2, 0.25) is 0 Å². The van der Waals surface area contributed by atoms with Gasteiger partial charge in [-0.2, -0.15) is 0 Å². The summed E-state index contributed by atoms with van der Waals surface area (Å²) in [4.78, 5) is 4.51. The Labute approximate surface area is 236 Å². The molecule has 0 saturated heterocycles. The number of methoxy groups -OCH3 is 4. The van der Waals surface area contributed by atoms with E-state index in [0.29, 0.717) is 0 Å². The van der Waals surface area contributed by atoms with Crippen LogP contribution in [-0.4, -0.2) is 28.4 Å². The van der Waals surface area contributed by atoms with E-state index in [1.807, 2.05) is 36.4 Å². The maximum atomic E-state index is 5.48. The standard InChI is InChI=1S/C34H34N2O4/c1-37-31-17-9-27(10-18-31)35(28-11-19-32(38-2)20-12-28)25-5-7-26(8-6-25)36(29-13-21-33(39-3)22-14-29)30-15-23-34(40-4)24-16-30/h5-15,17-23H,16,24H2,1-4H3. The van der Waals surface area contributed by atoms with Gasteiger partial charge in [-0.15, -0.1) is 0 Å². The van der Waals surface area contributed by atoms with Gasteiger partial charge in [0, 0.05) is 40.6 Å². The van der Waals surface area contributed by atoms with Gasteiger partial charge >= 0.3 is 0 Å². The first-order chi connectivity index (χ1) is 19.6. The molecule has 1 aliphatic carbocycles. The van der Waals surface area contributed by atoms with Crippen molar-refractivity contribution in [1.29, 1.82) is 0 Å². The Kier molecular flexibility index (Phi) is 8.26. The van der Waals surface area contributed by atoms with Crippen LogP contribution in [0, 0.1) is 0 Å². The fourth-order valence-corrected chi connectivity index (χ4v) is 4.84. The highest BCUT2D eigenvalue weighted by Crippen LogP contribution is 2.39. The Morgan fingerprint density at radius 3 is 1.05 bits per heavy atom. The largest absolute Gasteiger partial charge is 0.501 e. The van der Waals surface area contributed by atoms with E-state index in [-0.39, 0.29) is 0 Å². The molecule has 40 heavy (non-hydrogen) atoms. The molecule has 6 heteroatoms. The summed E-state index contributed by atoms with van der Waals surface area (Å²) in [6, 6.07) is 32.9. The molecule has 0 unspecified atom stereocenters. The van der Waals surface area contributed by atoms with E-state index in [0.717, 1.165) is 64.3 Å². The zero-order valence-corrected chi connectivity index (χ0v) is 23.3. The van der Waals surface area contributed by atoms with Crippen molar-refractivity contribution >= 4 is 28.4 Å². The summed E-state index contributed by atoms with van der Waals surface area (Å²) < 4.78 is 21.7. The molecule has 0 atom stereocenters. The molecule has 0 amide bonds. The summed E-state index contributed by atoms with van der Waals surface area (Å²) in [7, 11) is 6.76. The monoisotopic (exact) mass is 534 g/mol. The third-order valence-electron chi connectivity index (χ3n) is 7.00. The topological polar surface area (TPSA) is 43.4 Å². The van der Waals surface area contributed by atoms with Crippen LogP contribution in [-0.2, 0) is 4.74 Å². The third-order valence-corrected chi connectivity index (χ3v) is 7.00. The minimum Gasteiger partial charge on any atom is -0.501 e. The van der Waals surface area contributed by atoms with Crippen LogP contribution < -0.4 is 24.0 Å². The molecule has 1 aliphatic rings. The lowest BCUT2D eigenvalue weighted by Gasteiger charge is -2.31. The lowest BCUT2D eigenvalue weighted by Crippen LogP contribution is -2.18. The van der Waals surface area contributed by atoms with Gasteiger partial charge in [-0.05, 0) is 116 Å². The first-order valence-corrected chi connectivity index (χ1v) is 13.2. The summed E-state index contributed by atoms with van der Waals surface area (Å²) in [5, 5.41) is 0. The molecule has 0 heterocycles. The number of ether oxygens (including phenoxy) is 4. The molecule has 0 saturated carbocycles. The van der Waals surface area contributed by atoms with Gasteiger partial charge in [-0.1, -0.05) is 0 Å². The van der Waals surface area contributed by atoms with Crippen molar-refractivity contribution < 1.29 is 18.9 Å². The minimum absolute atomic E-state index is 0.815. The Bertz CT molecular complexity index is 1410. The van der Waals surface area contributed by atoms with Crippen LogP contribution in [0.25, 0.3) is 0 Å². The quantitative estimate of drug-likeness (QED) is 0.203. The molecular weight excluding hydrogens is 500 g/mol. The van der Waals surface area contributed by atoms with Crippen molar-refractivity contribution in [2.75, 3.05) is 38.2 Å². The third kappa shape index (κ3) is 5.76. The van der Waals surface area contributed by atoms with E-state index in [4.69, 9.17) is 18.9 Å². The van der Waals surface area contributed by atoms with Gasteiger partial charge in [0.25, 0.3) is 0 Å². The Balaban J connectivity index is 1.54. The van der Waals surface area contributed by atoms with Crippen molar-refractivity contribution in [1.82, 2.24) is 0 Å². The fourth-order valence-electron chi connectivity index (χ4n) is 4.84. The molecule has 4 aromatic carbocycles. The average molecular weight is 535 g/mol. The van der Waals surface area contributed by atoms with Crippen LogP contribution in [0.1, 0.15) is 12.8 Å². The number of hydrogen-bond donors (Lipinski definition) is 0. The first-order valence-electron chi connectivity index (χ1n) is 13.2. The predicted octanol–water partition coefficient (Wildman–Crippen LogP) is 8.53. The highest BCUT2D eigenvalue weighted by atomic mass is 16.5. The Morgan fingerprint density at radius 2 is 0.750 bits per heavy atom. The summed E-state index contributed by atoms with van der Waals surface area (Å²) in [6.07, 6.45) is 5.92. The second kappa shape index (κ2) is 12.3. The normalized spacial score (nSPS) is 12.6. The van der Waals surface area contributed by atoms with Crippen molar-refractivity contribution in [2.45, 2.75) is 12.8 Å². The maximum absolute atomic E-state index is 5.48.